The van der Waals surface area contributed by atoms with Crippen molar-refractivity contribution in [1.29, 1.82) is 0 Å². The van der Waals surface area contributed by atoms with Crippen molar-refractivity contribution in [3.05, 3.63) is 101 Å². The van der Waals surface area contributed by atoms with E-state index in [4.69, 9.17) is 8.92 Å². The highest BCUT2D eigenvalue weighted by molar-refractivity contribution is 7.92. The highest BCUT2D eigenvalue weighted by atomic mass is 32.2. The molecule has 3 aromatic carbocycles. The lowest BCUT2D eigenvalue weighted by atomic mass is 10.2. The Kier molecular flexibility index (Phi) is 9.13. The molecule has 198 valence electrons. The van der Waals surface area contributed by atoms with Gasteiger partial charge < -0.3 is 8.92 Å². The number of sulfonamides is 1. The SMILES string of the molecule is COCCN(Cc1cccc(OS(=O)(=O)c2cccc(C(F)(F)F)c2)c1)S(=O)(=O)C=Cc1ccccc1. The average molecular weight is 556 g/mol. The second kappa shape index (κ2) is 11.9. The van der Waals surface area contributed by atoms with Crippen LogP contribution in [-0.4, -0.2) is 41.4 Å². The number of alkyl halides is 3. The summed E-state index contributed by atoms with van der Waals surface area (Å²) in [7, 11) is -7.05. The van der Waals surface area contributed by atoms with Crippen LogP contribution < -0.4 is 4.18 Å². The van der Waals surface area contributed by atoms with Crippen molar-refractivity contribution in [2.75, 3.05) is 20.3 Å². The summed E-state index contributed by atoms with van der Waals surface area (Å²) in [6.07, 6.45) is -3.27. The Balaban J connectivity index is 1.82. The van der Waals surface area contributed by atoms with Crippen molar-refractivity contribution in [2.45, 2.75) is 17.6 Å². The van der Waals surface area contributed by atoms with E-state index in [1.54, 1.807) is 36.4 Å². The van der Waals surface area contributed by atoms with E-state index in [1.165, 1.54) is 31.4 Å². The second-order valence-corrected chi connectivity index (χ2v) is 11.2. The summed E-state index contributed by atoms with van der Waals surface area (Å²) in [5.41, 5.74) is -0.0500. The monoisotopic (exact) mass is 555 g/mol. The first-order chi connectivity index (χ1) is 17.4. The van der Waals surface area contributed by atoms with Crippen LogP contribution in [0.25, 0.3) is 6.08 Å². The van der Waals surface area contributed by atoms with Gasteiger partial charge in [0.25, 0.3) is 0 Å². The largest absolute Gasteiger partial charge is 0.416 e. The molecule has 12 heteroatoms. The molecule has 0 fully saturated rings. The van der Waals surface area contributed by atoms with Crippen LogP contribution in [0.2, 0.25) is 0 Å². The van der Waals surface area contributed by atoms with Crippen LogP contribution in [0.3, 0.4) is 0 Å². The van der Waals surface area contributed by atoms with Gasteiger partial charge in [-0.05, 0) is 47.5 Å². The molecular formula is C25H24F3NO6S2. The average Bonchev–Trinajstić information content (AvgIpc) is 2.85. The Morgan fingerprint density at radius 2 is 1.59 bits per heavy atom. The maximum absolute atomic E-state index is 13.0. The number of methoxy groups -OCH3 is 1. The molecule has 0 aliphatic rings. The van der Waals surface area contributed by atoms with E-state index in [1.807, 2.05) is 0 Å². The van der Waals surface area contributed by atoms with Gasteiger partial charge in [0.2, 0.25) is 10.0 Å². The first-order valence-corrected chi connectivity index (χ1v) is 13.7. The molecule has 37 heavy (non-hydrogen) atoms. The Bertz CT molecular complexity index is 1440. The summed E-state index contributed by atoms with van der Waals surface area (Å²) in [5, 5.41) is 1.07. The highest BCUT2D eigenvalue weighted by Gasteiger charge is 2.32. The lowest BCUT2D eigenvalue weighted by molar-refractivity contribution is -0.137. The minimum absolute atomic E-state index is 0.0194. The standard InChI is InChI=1S/C25H24F3NO6S2/c1-34-15-14-29(36(30,31)16-13-20-7-3-2-4-8-20)19-21-9-5-11-23(17-21)35-37(32,33)24-12-6-10-22(18-24)25(26,27)28/h2-13,16-18H,14-15,19H2,1H3. The molecule has 0 spiro atoms. The summed E-state index contributed by atoms with van der Waals surface area (Å²) in [6.45, 7) is -0.00423. The second-order valence-electron chi connectivity index (χ2n) is 7.80. The van der Waals surface area contributed by atoms with Crippen molar-refractivity contribution in [1.82, 2.24) is 4.31 Å². The van der Waals surface area contributed by atoms with Crippen LogP contribution >= 0.6 is 0 Å². The number of hydrogen-bond donors (Lipinski definition) is 0. The maximum Gasteiger partial charge on any atom is 0.416 e. The van der Waals surface area contributed by atoms with E-state index in [2.05, 4.69) is 0 Å². The Morgan fingerprint density at radius 1 is 0.892 bits per heavy atom. The molecule has 0 aliphatic carbocycles. The van der Waals surface area contributed by atoms with Crippen LogP contribution in [0.5, 0.6) is 5.75 Å². The molecular weight excluding hydrogens is 531 g/mol. The van der Waals surface area contributed by atoms with E-state index in [0.717, 1.165) is 27.9 Å². The number of hydrogen-bond acceptors (Lipinski definition) is 6. The third-order valence-corrected chi connectivity index (χ3v) is 7.80. The zero-order chi connectivity index (χ0) is 27.1. The normalized spacial score (nSPS) is 12.8. The fraction of sp³-hybridized carbons (Fsp3) is 0.200. The van der Waals surface area contributed by atoms with Gasteiger partial charge in [-0.25, -0.2) is 8.42 Å². The molecule has 0 unspecified atom stereocenters. The summed E-state index contributed by atoms with van der Waals surface area (Å²) < 4.78 is 101. The fourth-order valence-electron chi connectivity index (χ4n) is 3.21. The van der Waals surface area contributed by atoms with Crippen LogP contribution in [0, 0.1) is 0 Å². The smallest absolute Gasteiger partial charge is 0.383 e. The molecule has 0 bridgehead atoms. The minimum atomic E-state index is -4.72. The van der Waals surface area contributed by atoms with E-state index < -0.39 is 36.8 Å². The summed E-state index contributed by atoms with van der Waals surface area (Å²) in [4.78, 5) is -0.664. The first kappa shape index (κ1) is 28.4. The number of rotatable bonds is 11. The molecule has 0 saturated carbocycles. The van der Waals surface area contributed by atoms with Gasteiger partial charge in [0.15, 0.2) is 0 Å². The summed E-state index contributed by atoms with van der Waals surface area (Å²) in [6, 6.07) is 17.7. The van der Waals surface area contributed by atoms with Gasteiger partial charge in [-0.3, -0.25) is 0 Å². The van der Waals surface area contributed by atoms with Gasteiger partial charge in [-0.1, -0.05) is 48.5 Å². The Hall–Kier alpha value is -3.19. The Morgan fingerprint density at radius 3 is 2.27 bits per heavy atom. The van der Waals surface area contributed by atoms with Crippen molar-refractivity contribution in [2.24, 2.45) is 0 Å². The molecule has 3 aromatic rings. The van der Waals surface area contributed by atoms with Crippen LogP contribution in [0.15, 0.2) is 89.2 Å². The van der Waals surface area contributed by atoms with E-state index in [9.17, 15) is 30.0 Å². The van der Waals surface area contributed by atoms with Crippen LogP contribution in [0.4, 0.5) is 13.2 Å². The van der Waals surface area contributed by atoms with Crippen LogP contribution in [-0.2, 0) is 37.6 Å². The van der Waals surface area contributed by atoms with Crippen LogP contribution in [0.1, 0.15) is 16.7 Å². The molecule has 0 atom stereocenters. The molecule has 7 nitrogen and oxygen atoms in total. The molecule has 0 saturated heterocycles. The van der Waals surface area contributed by atoms with Gasteiger partial charge in [0, 0.05) is 25.6 Å². The molecule has 0 N–H and O–H groups in total. The summed E-state index contributed by atoms with van der Waals surface area (Å²) >= 11 is 0. The van der Waals surface area contributed by atoms with Gasteiger partial charge in [-0.15, -0.1) is 0 Å². The van der Waals surface area contributed by atoms with Gasteiger partial charge >= 0.3 is 16.3 Å². The van der Waals surface area contributed by atoms with Gasteiger partial charge in [0.1, 0.15) is 10.6 Å². The third-order valence-electron chi connectivity index (χ3n) is 5.05. The van der Waals surface area contributed by atoms with Crippen molar-refractivity contribution in [3.63, 3.8) is 0 Å². The molecule has 0 radical (unpaired) electrons. The van der Waals surface area contributed by atoms with Crippen molar-refractivity contribution in [3.8, 4) is 5.75 Å². The van der Waals surface area contributed by atoms with Crippen molar-refractivity contribution >= 4 is 26.2 Å². The zero-order valence-electron chi connectivity index (χ0n) is 19.6. The molecule has 0 amide bonds. The highest BCUT2D eigenvalue weighted by Crippen LogP contribution is 2.31. The van der Waals surface area contributed by atoms with Gasteiger partial charge in [0.05, 0.1) is 12.2 Å². The van der Waals surface area contributed by atoms with E-state index >= 15 is 0 Å². The quantitative estimate of drug-likeness (QED) is 0.312. The predicted octanol–water partition coefficient (Wildman–Crippen LogP) is 4.92. The van der Waals surface area contributed by atoms with E-state index in [-0.39, 0.29) is 25.4 Å². The third kappa shape index (κ3) is 8.15. The fourth-order valence-corrected chi connectivity index (χ4v) is 5.34. The lowest BCUT2D eigenvalue weighted by Crippen LogP contribution is -2.32. The number of nitrogens with zero attached hydrogens (tertiary/aromatic N) is 1. The summed E-state index contributed by atoms with van der Waals surface area (Å²) in [5.74, 6) is -0.182. The molecule has 0 aromatic heterocycles. The predicted molar refractivity (Wildman–Crippen MR) is 132 cm³/mol. The van der Waals surface area contributed by atoms with Gasteiger partial charge in [-0.2, -0.15) is 25.9 Å². The minimum Gasteiger partial charge on any atom is -0.383 e. The van der Waals surface area contributed by atoms with E-state index in [0.29, 0.717) is 17.2 Å². The number of halogens is 3. The first-order valence-electron chi connectivity index (χ1n) is 10.8. The Labute approximate surface area is 213 Å². The molecule has 3 rings (SSSR count). The number of benzene rings is 3. The number of ether oxygens (including phenoxy) is 1. The lowest BCUT2D eigenvalue weighted by Gasteiger charge is -2.20. The maximum atomic E-state index is 13.0. The molecule has 0 aliphatic heterocycles. The zero-order valence-corrected chi connectivity index (χ0v) is 21.3. The topological polar surface area (TPSA) is 90.0 Å². The molecule has 0 heterocycles. The van der Waals surface area contributed by atoms with Crippen molar-refractivity contribution < 1.29 is 38.9 Å².